The molecule has 2 heteroatoms. The number of hydrogen-bond acceptors (Lipinski definition) is 2. The molecule has 0 aliphatic carbocycles. The molecule has 0 amide bonds. The lowest BCUT2D eigenvalue weighted by Gasteiger charge is -2.48. The largest absolute Gasteiger partial charge is 0.390 e. The average Bonchev–Trinajstić information content (AvgIpc) is 2.49. The number of nitrogens with zero attached hydrogens (tertiary/aromatic N) is 1. The zero-order valence-electron chi connectivity index (χ0n) is 11.1. The van der Waals surface area contributed by atoms with Crippen molar-refractivity contribution in [2.24, 2.45) is 0 Å². The van der Waals surface area contributed by atoms with Crippen molar-refractivity contribution >= 4 is 0 Å². The van der Waals surface area contributed by atoms with Gasteiger partial charge in [0.25, 0.3) is 0 Å². The van der Waals surface area contributed by atoms with E-state index in [0.717, 1.165) is 6.54 Å². The highest BCUT2D eigenvalue weighted by molar-refractivity contribution is 5.32. The molecular formula is C17H19NO. The highest BCUT2D eigenvalue weighted by atomic mass is 16.3. The maximum atomic E-state index is 9.79. The fraction of sp³-hybridized carbons (Fsp3) is 0.294. The third-order valence-electron chi connectivity index (χ3n) is 4.04. The Morgan fingerprint density at radius 3 is 1.79 bits per heavy atom. The molecule has 1 unspecified atom stereocenters. The Hall–Kier alpha value is -1.64. The number of aliphatic hydroxyl groups excluding tert-OH is 1. The zero-order chi connectivity index (χ0) is 13.2. The summed E-state index contributed by atoms with van der Waals surface area (Å²) in [5, 5.41) is 9.79. The molecule has 19 heavy (non-hydrogen) atoms. The van der Waals surface area contributed by atoms with Crippen LogP contribution in [0, 0.1) is 0 Å². The number of rotatable bonds is 3. The Morgan fingerprint density at radius 1 is 0.947 bits per heavy atom. The lowest BCUT2D eigenvalue weighted by molar-refractivity contribution is -0.0693. The summed E-state index contributed by atoms with van der Waals surface area (Å²) in [6.45, 7) is 2.84. The molecule has 1 saturated heterocycles. The molecule has 0 saturated carbocycles. The van der Waals surface area contributed by atoms with Crippen LogP contribution in [0.1, 0.15) is 24.1 Å². The fourth-order valence-electron chi connectivity index (χ4n) is 2.80. The Morgan fingerprint density at radius 2 is 1.42 bits per heavy atom. The van der Waals surface area contributed by atoms with Gasteiger partial charge in [-0.1, -0.05) is 60.7 Å². The van der Waals surface area contributed by atoms with E-state index in [1.54, 1.807) is 0 Å². The van der Waals surface area contributed by atoms with Gasteiger partial charge in [-0.3, -0.25) is 4.90 Å². The van der Waals surface area contributed by atoms with Crippen molar-refractivity contribution in [3.05, 3.63) is 71.8 Å². The molecule has 1 aliphatic heterocycles. The van der Waals surface area contributed by atoms with Crippen LogP contribution in [0.15, 0.2) is 60.7 Å². The normalized spacial score (nSPS) is 23.3. The SMILES string of the molecule is C[C@@H]1C(O)CN1C(c1ccccc1)c1ccccc1. The highest BCUT2D eigenvalue weighted by Gasteiger charge is 2.39. The van der Waals surface area contributed by atoms with Crippen molar-refractivity contribution in [1.29, 1.82) is 0 Å². The molecule has 1 fully saturated rings. The van der Waals surface area contributed by atoms with Gasteiger partial charge in [0.1, 0.15) is 0 Å². The number of likely N-dealkylation sites (tertiary alicyclic amines) is 1. The molecule has 1 heterocycles. The molecule has 3 rings (SSSR count). The number of aliphatic hydroxyl groups is 1. The summed E-state index contributed by atoms with van der Waals surface area (Å²) in [7, 11) is 0. The Labute approximate surface area is 114 Å². The summed E-state index contributed by atoms with van der Waals surface area (Å²) in [5.41, 5.74) is 2.57. The standard InChI is InChI=1S/C17H19NO/c1-13-16(19)12-18(13)17(14-8-4-2-5-9-14)15-10-6-3-7-11-15/h2-11,13,16-17,19H,12H2,1H3/t13-,16?/m1/s1. The Balaban J connectivity index is 1.97. The van der Waals surface area contributed by atoms with E-state index in [0.29, 0.717) is 0 Å². The zero-order valence-corrected chi connectivity index (χ0v) is 11.1. The van der Waals surface area contributed by atoms with Gasteiger partial charge in [0.15, 0.2) is 0 Å². The summed E-state index contributed by atoms with van der Waals surface area (Å²) >= 11 is 0. The van der Waals surface area contributed by atoms with E-state index in [9.17, 15) is 5.11 Å². The molecule has 2 nitrogen and oxygen atoms in total. The van der Waals surface area contributed by atoms with Crippen LogP contribution in [0.2, 0.25) is 0 Å². The van der Waals surface area contributed by atoms with E-state index in [1.807, 2.05) is 12.1 Å². The smallest absolute Gasteiger partial charge is 0.0820 e. The van der Waals surface area contributed by atoms with Crippen LogP contribution in [-0.2, 0) is 0 Å². The van der Waals surface area contributed by atoms with Gasteiger partial charge >= 0.3 is 0 Å². The van der Waals surface area contributed by atoms with Crippen LogP contribution in [-0.4, -0.2) is 28.7 Å². The maximum Gasteiger partial charge on any atom is 0.0820 e. The van der Waals surface area contributed by atoms with Crippen molar-refractivity contribution in [3.63, 3.8) is 0 Å². The summed E-state index contributed by atoms with van der Waals surface area (Å²) in [4.78, 5) is 2.36. The van der Waals surface area contributed by atoms with Crippen molar-refractivity contribution in [1.82, 2.24) is 4.90 Å². The first kappa shape index (κ1) is 12.4. The average molecular weight is 253 g/mol. The van der Waals surface area contributed by atoms with E-state index in [2.05, 4.69) is 60.4 Å². The van der Waals surface area contributed by atoms with Gasteiger partial charge in [-0.2, -0.15) is 0 Å². The van der Waals surface area contributed by atoms with Crippen molar-refractivity contribution < 1.29 is 5.11 Å². The third-order valence-corrected chi connectivity index (χ3v) is 4.04. The molecule has 2 aromatic rings. The van der Waals surface area contributed by atoms with Crippen molar-refractivity contribution in [2.75, 3.05) is 6.54 Å². The molecule has 1 N–H and O–H groups in total. The first-order valence-electron chi connectivity index (χ1n) is 6.81. The Bertz CT molecular complexity index is 486. The number of hydrogen-bond donors (Lipinski definition) is 1. The van der Waals surface area contributed by atoms with E-state index in [4.69, 9.17) is 0 Å². The lowest BCUT2D eigenvalue weighted by Crippen LogP contribution is -2.59. The quantitative estimate of drug-likeness (QED) is 0.909. The first-order chi connectivity index (χ1) is 9.27. The van der Waals surface area contributed by atoms with Crippen LogP contribution in [0.5, 0.6) is 0 Å². The van der Waals surface area contributed by atoms with Crippen LogP contribution < -0.4 is 0 Å². The minimum absolute atomic E-state index is 0.199. The molecule has 0 spiro atoms. The molecule has 1 aliphatic rings. The van der Waals surface area contributed by atoms with Crippen LogP contribution in [0.25, 0.3) is 0 Å². The second kappa shape index (κ2) is 5.16. The summed E-state index contributed by atoms with van der Waals surface area (Å²) < 4.78 is 0. The first-order valence-corrected chi connectivity index (χ1v) is 6.81. The van der Waals surface area contributed by atoms with Gasteiger partial charge < -0.3 is 5.11 Å². The highest BCUT2D eigenvalue weighted by Crippen LogP contribution is 2.35. The number of β-amino-alcohol motifs (C(OH)–C–C–N with tert-alkyl or cyclic N) is 1. The minimum Gasteiger partial charge on any atom is -0.390 e. The van der Waals surface area contributed by atoms with Crippen LogP contribution in [0.4, 0.5) is 0 Å². The van der Waals surface area contributed by atoms with E-state index in [1.165, 1.54) is 11.1 Å². The van der Waals surface area contributed by atoms with Gasteiger partial charge in [-0.05, 0) is 18.1 Å². The predicted molar refractivity (Wildman–Crippen MR) is 76.9 cm³/mol. The molecule has 2 aromatic carbocycles. The second-order valence-corrected chi connectivity index (χ2v) is 5.23. The van der Waals surface area contributed by atoms with Gasteiger partial charge in [0.05, 0.1) is 12.1 Å². The lowest BCUT2D eigenvalue weighted by atomic mass is 9.90. The van der Waals surface area contributed by atoms with E-state index < -0.39 is 0 Å². The molecule has 2 atom stereocenters. The number of benzene rings is 2. The monoisotopic (exact) mass is 253 g/mol. The fourth-order valence-corrected chi connectivity index (χ4v) is 2.80. The summed E-state index contributed by atoms with van der Waals surface area (Å²) in [6.07, 6.45) is -0.199. The second-order valence-electron chi connectivity index (χ2n) is 5.23. The van der Waals surface area contributed by atoms with E-state index >= 15 is 0 Å². The Kier molecular flexibility index (Phi) is 3.36. The van der Waals surface area contributed by atoms with Gasteiger partial charge in [0, 0.05) is 12.6 Å². The third kappa shape index (κ3) is 2.29. The molecule has 0 radical (unpaired) electrons. The molecular weight excluding hydrogens is 234 g/mol. The topological polar surface area (TPSA) is 23.5 Å². The van der Waals surface area contributed by atoms with Crippen LogP contribution >= 0.6 is 0 Å². The van der Waals surface area contributed by atoms with Gasteiger partial charge in [-0.15, -0.1) is 0 Å². The molecule has 98 valence electrons. The van der Waals surface area contributed by atoms with Gasteiger partial charge in [-0.25, -0.2) is 0 Å². The van der Waals surface area contributed by atoms with Crippen LogP contribution in [0.3, 0.4) is 0 Å². The predicted octanol–water partition coefficient (Wildman–Crippen LogP) is 2.84. The van der Waals surface area contributed by atoms with Crippen molar-refractivity contribution in [3.8, 4) is 0 Å². The van der Waals surface area contributed by atoms with Crippen molar-refractivity contribution in [2.45, 2.75) is 25.1 Å². The van der Waals surface area contributed by atoms with Gasteiger partial charge in [0.2, 0.25) is 0 Å². The summed E-state index contributed by atoms with van der Waals surface area (Å²) in [5.74, 6) is 0. The maximum absolute atomic E-state index is 9.79. The summed E-state index contributed by atoms with van der Waals surface area (Å²) in [6, 6.07) is 21.5. The van der Waals surface area contributed by atoms with E-state index in [-0.39, 0.29) is 18.2 Å². The molecule has 0 aromatic heterocycles. The minimum atomic E-state index is -0.199. The molecule has 0 bridgehead atoms.